The number of fused-ring (bicyclic) bond motifs is 1. The van der Waals surface area contributed by atoms with Crippen LogP contribution in [0.5, 0.6) is 5.75 Å². The van der Waals surface area contributed by atoms with Gasteiger partial charge in [0.05, 0.1) is 16.3 Å². The maximum absolute atomic E-state index is 11.5. The number of benzene rings is 2. The van der Waals surface area contributed by atoms with E-state index in [4.69, 9.17) is 27.9 Å². The highest BCUT2D eigenvalue weighted by atomic mass is 35.5. The molecule has 0 radical (unpaired) electrons. The number of hydrogen-bond acceptors (Lipinski definition) is 5. The topological polar surface area (TPSA) is 70.8 Å². The third-order valence-corrected chi connectivity index (χ3v) is 9.79. The average molecular weight is 572 g/mol. The van der Waals surface area contributed by atoms with Crippen molar-refractivity contribution < 1.29 is 14.6 Å². The van der Waals surface area contributed by atoms with Crippen molar-refractivity contribution in [1.82, 2.24) is 14.7 Å². The van der Waals surface area contributed by atoms with Crippen LogP contribution >= 0.6 is 23.2 Å². The van der Waals surface area contributed by atoms with Crippen LogP contribution in [-0.2, 0) is 11.8 Å². The Morgan fingerprint density at radius 1 is 1.15 bits per heavy atom. The summed E-state index contributed by atoms with van der Waals surface area (Å²) in [5.74, 6) is 1.45. The van der Waals surface area contributed by atoms with Gasteiger partial charge in [0.1, 0.15) is 11.9 Å². The van der Waals surface area contributed by atoms with Gasteiger partial charge in [0.15, 0.2) is 0 Å². The van der Waals surface area contributed by atoms with Crippen LogP contribution in [-0.4, -0.2) is 58.0 Å². The largest absolute Gasteiger partial charge is 0.485 e. The summed E-state index contributed by atoms with van der Waals surface area (Å²) >= 11 is 12.6. The number of carbonyl (C=O) groups is 1. The lowest BCUT2D eigenvalue weighted by Crippen LogP contribution is -2.58. The molecule has 6 rings (SSSR count). The van der Waals surface area contributed by atoms with Gasteiger partial charge in [-0.1, -0.05) is 29.3 Å². The van der Waals surface area contributed by atoms with Gasteiger partial charge >= 0.3 is 5.97 Å². The fourth-order valence-electron chi connectivity index (χ4n) is 6.75. The number of likely N-dealkylation sites (tertiary alicyclic amines) is 1. The standard InChI is InChI=1S/C30H36Cl2N4O3/c1-18(24-7-6-21(31)9-26(24)32)39-28-11-22(10-27-25(28)17-34(3)33-27)36-15-20(16-36)19-5-4-8-35(14-19)23-12-30(2,13-23)29(37)38/h6-7,9-11,17-20,23H,4-5,8,12-16H2,1-3H3,(H,37,38)/t18-,19+,23?,30?/m1/s1. The van der Waals surface area contributed by atoms with Crippen LogP contribution < -0.4 is 9.64 Å². The minimum absolute atomic E-state index is 0.250. The molecule has 2 saturated heterocycles. The quantitative estimate of drug-likeness (QED) is 0.353. The number of aromatic nitrogens is 2. The Hall–Kier alpha value is -2.48. The summed E-state index contributed by atoms with van der Waals surface area (Å²) in [6, 6.07) is 10.2. The Morgan fingerprint density at radius 3 is 2.64 bits per heavy atom. The molecule has 3 aliphatic rings. The van der Waals surface area contributed by atoms with Gasteiger partial charge in [-0.2, -0.15) is 5.10 Å². The molecule has 2 aliphatic heterocycles. The molecule has 9 heteroatoms. The molecular formula is C30H36Cl2N4O3. The molecule has 7 nitrogen and oxygen atoms in total. The van der Waals surface area contributed by atoms with Gasteiger partial charge in [0.25, 0.3) is 0 Å². The Bertz CT molecular complexity index is 1400. The number of ether oxygens (including phenoxy) is 1. The number of aliphatic carboxylic acids is 1. The second-order valence-electron chi connectivity index (χ2n) is 12.1. The number of nitrogens with zero attached hydrogens (tertiary/aromatic N) is 4. The van der Waals surface area contributed by atoms with Crippen LogP contribution in [0, 0.1) is 17.3 Å². The van der Waals surface area contributed by atoms with Crippen molar-refractivity contribution in [3.8, 4) is 5.75 Å². The third-order valence-electron chi connectivity index (χ3n) is 9.23. The van der Waals surface area contributed by atoms with E-state index >= 15 is 0 Å². The summed E-state index contributed by atoms with van der Waals surface area (Å²) in [5.41, 5.74) is 2.40. The molecule has 2 atom stereocenters. The number of hydrogen-bond donors (Lipinski definition) is 1. The van der Waals surface area contributed by atoms with E-state index in [1.165, 1.54) is 12.8 Å². The molecule has 0 amide bonds. The van der Waals surface area contributed by atoms with Gasteiger partial charge in [0.2, 0.25) is 0 Å². The summed E-state index contributed by atoms with van der Waals surface area (Å²) in [6.45, 7) is 8.11. The number of aryl methyl sites for hydroxylation is 1. The van der Waals surface area contributed by atoms with E-state index in [0.29, 0.717) is 27.9 Å². The van der Waals surface area contributed by atoms with E-state index < -0.39 is 11.4 Å². The van der Waals surface area contributed by atoms with Crippen LogP contribution in [0.3, 0.4) is 0 Å². The lowest BCUT2D eigenvalue weighted by atomic mass is 9.65. The molecule has 208 valence electrons. The number of rotatable bonds is 7. The highest BCUT2D eigenvalue weighted by molar-refractivity contribution is 6.35. The van der Waals surface area contributed by atoms with Gasteiger partial charge in [-0.05, 0) is 76.1 Å². The zero-order chi connectivity index (χ0) is 27.5. The minimum atomic E-state index is -0.652. The second-order valence-corrected chi connectivity index (χ2v) is 12.9. The molecule has 3 fully saturated rings. The van der Waals surface area contributed by atoms with E-state index in [-0.39, 0.29) is 6.10 Å². The van der Waals surface area contributed by atoms with Crippen molar-refractivity contribution in [2.45, 2.75) is 51.7 Å². The first kappa shape index (κ1) is 26.7. The van der Waals surface area contributed by atoms with Gasteiger partial charge in [0, 0.05) is 66.3 Å². The van der Waals surface area contributed by atoms with Crippen molar-refractivity contribution in [3.63, 3.8) is 0 Å². The van der Waals surface area contributed by atoms with Gasteiger partial charge in [-0.25, -0.2) is 0 Å². The lowest BCUT2D eigenvalue weighted by Gasteiger charge is -2.52. The van der Waals surface area contributed by atoms with E-state index in [1.807, 2.05) is 43.9 Å². The van der Waals surface area contributed by atoms with Crippen molar-refractivity contribution in [2.75, 3.05) is 31.1 Å². The van der Waals surface area contributed by atoms with E-state index in [2.05, 4.69) is 27.0 Å². The van der Waals surface area contributed by atoms with Crippen molar-refractivity contribution in [3.05, 3.63) is 52.1 Å². The number of halogens is 2. The maximum Gasteiger partial charge on any atom is 0.309 e. The SMILES string of the molecule is C[C@@H](Oc1cc(N2CC([C@H]3CCCN(C4CC(C)(C(=O)O)C4)C3)C2)cc2nn(C)cc12)c1ccc(Cl)cc1Cl. The lowest BCUT2D eigenvalue weighted by molar-refractivity contribution is -0.158. The van der Waals surface area contributed by atoms with Crippen LogP contribution in [0.15, 0.2) is 36.5 Å². The fourth-order valence-corrected chi connectivity index (χ4v) is 7.31. The van der Waals surface area contributed by atoms with Gasteiger partial charge < -0.3 is 19.6 Å². The van der Waals surface area contributed by atoms with E-state index in [9.17, 15) is 9.90 Å². The summed E-state index contributed by atoms with van der Waals surface area (Å²) in [7, 11) is 1.93. The molecule has 1 aromatic heterocycles. The molecule has 2 aromatic carbocycles. The summed E-state index contributed by atoms with van der Waals surface area (Å²) in [5, 5.41) is 16.4. The summed E-state index contributed by atoms with van der Waals surface area (Å²) < 4.78 is 8.31. The van der Waals surface area contributed by atoms with Crippen molar-refractivity contribution in [2.24, 2.45) is 24.3 Å². The second kappa shape index (κ2) is 10.2. The Balaban J connectivity index is 1.13. The first-order valence-corrected chi connectivity index (χ1v) is 14.7. The smallest absolute Gasteiger partial charge is 0.309 e. The number of carboxylic acids is 1. The molecule has 0 spiro atoms. The monoisotopic (exact) mass is 570 g/mol. The Labute approximate surface area is 239 Å². The highest BCUT2D eigenvalue weighted by Gasteiger charge is 2.49. The number of carboxylic acid groups (broad SMARTS) is 1. The van der Waals surface area contributed by atoms with E-state index in [0.717, 1.165) is 66.9 Å². The van der Waals surface area contributed by atoms with Crippen molar-refractivity contribution in [1.29, 1.82) is 0 Å². The molecule has 1 aliphatic carbocycles. The highest BCUT2D eigenvalue weighted by Crippen LogP contribution is 2.46. The average Bonchev–Trinajstić information content (AvgIpc) is 3.21. The molecule has 1 N–H and O–H groups in total. The van der Waals surface area contributed by atoms with Gasteiger partial charge in [-0.15, -0.1) is 0 Å². The first-order chi connectivity index (χ1) is 18.6. The first-order valence-electron chi connectivity index (χ1n) is 13.9. The minimum Gasteiger partial charge on any atom is -0.485 e. The van der Waals surface area contributed by atoms with E-state index in [1.54, 1.807) is 6.07 Å². The summed E-state index contributed by atoms with van der Waals surface area (Å²) in [6.07, 6.45) is 5.75. The van der Waals surface area contributed by atoms with Crippen LogP contribution in [0.2, 0.25) is 10.0 Å². The molecule has 3 aromatic rings. The molecule has 0 unspecified atom stereocenters. The number of anilines is 1. The zero-order valence-electron chi connectivity index (χ0n) is 22.7. The van der Waals surface area contributed by atoms with Crippen LogP contribution in [0.4, 0.5) is 5.69 Å². The molecular weight excluding hydrogens is 535 g/mol. The third kappa shape index (κ3) is 5.09. The normalized spacial score (nSPS) is 26.7. The molecule has 39 heavy (non-hydrogen) atoms. The Kier molecular flexibility index (Phi) is 6.97. The predicted octanol–water partition coefficient (Wildman–Crippen LogP) is 6.42. The maximum atomic E-state index is 11.5. The number of piperidine rings is 1. The summed E-state index contributed by atoms with van der Waals surface area (Å²) in [4.78, 5) is 16.5. The van der Waals surface area contributed by atoms with Crippen molar-refractivity contribution >= 4 is 45.8 Å². The molecule has 1 saturated carbocycles. The predicted molar refractivity (Wildman–Crippen MR) is 155 cm³/mol. The Morgan fingerprint density at radius 2 is 1.92 bits per heavy atom. The fraction of sp³-hybridized carbons (Fsp3) is 0.533. The van der Waals surface area contributed by atoms with Crippen LogP contribution in [0.25, 0.3) is 10.9 Å². The van der Waals surface area contributed by atoms with Gasteiger partial charge in [-0.3, -0.25) is 9.48 Å². The molecule has 3 heterocycles. The zero-order valence-corrected chi connectivity index (χ0v) is 24.3. The van der Waals surface area contributed by atoms with Crippen LogP contribution in [0.1, 0.15) is 51.2 Å². The molecule has 0 bridgehead atoms.